The van der Waals surface area contributed by atoms with Crippen molar-refractivity contribution in [2.24, 2.45) is 0 Å². The number of ether oxygens (including phenoxy) is 3. The molecule has 0 aromatic heterocycles. The molecule has 0 radical (unpaired) electrons. The van der Waals surface area contributed by atoms with Crippen LogP contribution in [-0.4, -0.2) is 39.5 Å². The van der Waals surface area contributed by atoms with E-state index < -0.39 is 0 Å². The Morgan fingerprint density at radius 1 is 1.16 bits per heavy atom. The number of carbonyl (C=O) groups excluding carboxylic acids is 1. The monoisotopic (exact) mass is 491 g/mol. The van der Waals surface area contributed by atoms with Crippen molar-refractivity contribution >= 4 is 56.8 Å². The highest BCUT2D eigenvalue weighted by Crippen LogP contribution is 2.23. The van der Waals surface area contributed by atoms with Gasteiger partial charge in [0.25, 0.3) is 0 Å². The van der Waals surface area contributed by atoms with E-state index in [1.54, 1.807) is 19.2 Å². The summed E-state index contributed by atoms with van der Waals surface area (Å²) in [6.45, 7) is 1.60. The smallest absolute Gasteiger partial charge is 0.338 e. The van der Waals surface area contributed by atoms with Gasteiger partial charge in [-0.25, -0.2) is 4.79 Å². The Morgan fingerprint density at radius 3 is 2.32 bits per heavy atom. The summed E-state index contributed by atoms with van der Waals surface area (Å²) in [4.78, 5) is 11.8. The first-order valence-corrected chi connectivity index (χ1v) is 7.70. The van der Waals surface area contributed by atoms with Crippen LogP contribution < -0.4 is 5.73 Å². The van der Waals surface area contributed by atoms with Crippen LogP contribution in [0.3, 0.4) is 0 Å². The zero-order valence-corrected chi connectivity index (χ0v) is 14.8. The van der Waals surface area contributed by atoms with Crippen molar-refractivity contribution in [2.45, 2.75) is 0 Å². The van der Waals surface area contributed by atoms with Gasteiger partial charge in [-0.3, -0.25) is 0 Å². The van der Waals surface area contributed by atoms with Gasteiger partial charge in [-0.15, -0.1) is 0 Å². The normalized spacial score (nSPS) is 10.5. The van der Waals surface area contributed by atoms with Crippen molar-refractivity contribution in [3.05, 3.63) is 24.8 Å². The van der Waals surface area contributed by atoms with E-state index in [-0.39, 0.29) is 12.6 Å². The van der Waals surface area contributed by atoms with Crippen molar-refractivity contribution in [2.75, 3.05) is 39.3 Å². The summed E-state index contributed by atoms with van der Waals surface area (Å²) in [6.07, 6.45) is 0. The van der Waals surface area contributed by atoms with Gasteiger partial charge in [-0.05, 0) is 57.3 Å². The molecule has 0 saturated heterocycles. The molecule has 19 heavy (non-hydrogen) atoms. The molecule has 0 bridgehead atoms. The molecular weight excluding hydrogens is 476 g/mol. The van der Waals surface area contributed by atoms with Crippen LogP contribution >= 0.6 is 45.2 Å². The Hall–Kier alpha value is -0.130. The molecule has 1 aromatic rings. The highest BCUT2D eigenvalue weighted by Gasteiger charge is 2.11. The van der Waals surface area contributed by atoms with E-state index in [4.69, 9.17) is 19.9 Å². The lowest BCUT2D eigenvalue weighted by Crippen LogP contribution is -2.13. The van der Waals surface area contributed by atoms with E-state index in [1.807, 2.05) is 0 Å². The quantitative estimate of drug-likeness (QED) is 0.275. The molecule has 5 nitrogen and oxygen atoms in total. The Morgan fingerprint density at radius 2 is 1.74 bits per heavy atom. The molecule has 0 heterocycles. The topological polar surface area (TPSA) is 70.8 Å². The molecular formula is C12H15I2NO4. The summed E-state index contributed by atoms with van der Waals surface area (Å²) in [5.74, 6) is -0.369. The lowest BCUT2D eigenvalue weighted by atomic mass is 10.2. The number of hydrogen-bond donors (Lipinski definition) is 1. The molecule has 0 aliphatic rings. The van der Waals surface area contributed by atoms with Gasteiger partial charge in [0.15, 0.2) is 0 Å². The van der Waals surface area contributed by atoms with Gasteiger partial charge < -0.3 is 19.9 Å². The van der Waals surface area contributed by atoms with Gasteiger partial charge in [-0.2, -0.15) is 0 Å². The highest BCUT2D eigenvalue weighted by atomic mass is 127. The van der Waals surface area contributed by atoms with Crippen molar-refractivity contribution in [3.63, 3.8) is 0 Å². The predicted molar refractivity (Wildman–Crippen MR) is 89.3 cm³/mol. The fourth-order valence-electron chi connectivity index (χ4n) is 1.22. The minimum Gasteiger partial charge on any atom is -0.460 e. The summed E-state index contributed by atoms with van der Waals surface area (Å²) < 4.78 is 16.8. The number of nitrogen functional groups attached to an aromatic ring is 1. The first-order valence-electron chi connectivity index (χ1n) is 5.54. The average molecular weight is 491 g/mol. The number of halogens is 2. The summed E-state index contributed by atoms with van der Waals surface area (Å²) in [5.41, 5.74) is 7.00. The third-order valence-electron chi connectivity index (χ3n) is 2.21. The predicted octanol–water partition coefficient (Wildman–Crippen LogP) is 2.30. The van der Waals surface area contributed by atoms with Crippen LogP contribution in [0.25, 0.3) is 0 Å². The molecule has 0 atom stereocenters. The Balaban J connectivity index is 2.42. The average Bonchev–Trinajstić information content (AvgIpc) is 2.39. The van der Waals surface area contributed by atoms with Crippen LogP contribution in [0.15, 0.2) is 12.1 Å². The standard InChI is InChI=1S/C12H15I2NO4/c1-17-2-3-18-4-5-19-12(16)8-6-9(13)11(15)10(14)7-8/h6-7H,2-5,15H2,1H3. The SMILES string of the molecule is COCCOCCOC(=O)c1cc(I)c(N)c(I)c1. The summed E-state index contributed by atoms with van der Waals surface area (Å²) in [7, 11) is 1.60. The van der Waals surface area contributed by atoms with Crippen molar-refractivity contribution in [3.8, 4) is 0 Å². The molecule has 0 fully saturated rings. The number of nitrogens with two attached hydrogens (primary N) is 1. The molecule has 0 saturated carbocycles. The second-order valence-corrected chi connectivity index (χ2v) is 5.92. The second kappa shape index (κ2) is 8.93. The second-order valence-electron chi connectivity index (χ2n) is 3.59. The zero-order chi connectivity index (χ0) is 14.3. The summed E-state index contributed by atoms with van der Waals surface area (Å²) in [6, 6.07) is 3.43. The fourth-order valence-corrected chi connectivity index (χ4v) is 2.99. The van der Waals surface area contributed by atoms with Crippen LogP contribution in [0.5, 0.6) is 0 Å². The molecule has 0 aliphatic heterocycles. The molecule has 1 aromatic carbocycles. The van der Waals surface area contributed by atoms with Gasteiger partial charge in [0, 0.05) is 14.3 Å². The molecule has 0 unspecified atom stereocenters. The van der Waals surface area contributed by atoms with Crippen molar-refractivity contribution in [1.29, 1.82) is 0 Å². The third kappa shape index (κ3) is 5.79. The van der Waals surface area contributed by atoms with E-state index in [0.29, 0.717) is 31.1 Å². The third-order valence-corrected chi connectivity index (χ3v) is 3.99. The van der Waals surface area contributed by atoms with E-state index in [0.717, 1.165) is 7.14 Å². The van der Waals surface area contributed by atoms with Crippen LogP contribution in [0.4, 0.5) is 5.69 Å². The van der Waals surface area contributed by atoms with Crippen LogP contribution in [0.2, 0.25) is 0 Å². The number of carbonyl (C=O) groups is 1. The van der Waals surface area contributed by atoms with Crippen LogP contribution in [0.1, 0.15) is 10.4 Å². The minimum atomic E-state index is -0.369. The number of methoxy groups -OCH3 is 1. The van der Waals surface area contributed by atoms with Crippen molar-refractivity contribution in [1.82, 2.24) is 0 Å². The zero-order valence-electron chi connectivity index (χ0n) is 10.4. The van der Waals surface area contributed by atoms with Gasteiger partial charge in [0.05, 0.1) is 31.1 Å². The first kappa shape index (κ1) is 16.9. The van der Waals surface area contributed by atoms with E-state index in [1.165, 1.54) is 0 Å². The van der Waals surface area contributed by atoms with E-state index >= 15 is 0 Å². The molecule has 0 aliphatic carbocycles. The van der Waals surface area contributed by atoms with E-state index in [9.17, 15) is 4.79 Å². The van der Waals surface area contributed by atoms with Crippen molar-refractivity contribution < 1.29 is 19.0 Å². The number of esters is 1. The van der Waals surface area contributed by atoms with Gasteiger partial charge in [0.1, 0.15) is 6.61 Å². The van der Waals surface area contributed by atoms with Gasteiger partial charge in [0.2, 0.25) is 0 Å². The van der Waals surface area contributed by atoms with Crippen LogP contribution in [-0.2, 0) is 14.2 Å². The lowest BCUT2D eigenvalue weighted by Gasteiger charge is -2.08. The number of rotatable bonds is 7. The number of benzene rings is 1. The first-order chi connectivity index (χ1) is 9.06. The molecule has 0 amide bonds. The molecule has 7 heteroatoms. The maximum absolute atomic E-state index is 11.8. The highest BCUT2D eigenvalue weighted by molar-refractivity contribution is 14.1. The molecule has 1 rings (SSSR count). The lowest BCUT2D eigenvalue weighted by molar-refractivity contribution is 0.0213. The van der Waals surface area contributed by atoms with E-state index in [2.05, 4.69) is 45.2 Å². The Kier molecular flexibility index (Phi) is 7.95. The molecule has 106 valence electrons. The summed E-state index contributed by atoms with van der Waals surface area (Å²) in [5, 5.41) is 0. The minimum absolute atomic E-state index is 0.222. The molecule has 2 N–H and O–H groups in total. The maximum Gasteiger partial charge on any atom is 0.338 e. The number of anilines is 1. The molecule has 0 spiro atoms. The summed E-state index contributed by atoms with van der Waals surface area (Å²) >= 11 is 4.19. The maximum atomic E-state index is 11.8. The van der Waals surface area contributed by atoms with Gasteiger partial charge in [-0.1, -0.05) is 0 Å². The fraction of sp³-hybridized carbons (Fsp3) is 0.417. The Bertz CT molecular complexity index is 417. The van der Waals surface area contributed by atoms with Gasteiger partial charge >= 0.3 is 5.97 Å². The number of hydrogen-bond acceptors (Lipinski definition) is 5. The van der Waals surface area contributed by atoms with Crippen LogP contribution in [0, 0.1) is 7.14 Å². The Labute approximate surface area is 139 Å². The largest absolute Gasteiger partial charge is 0.460 e.